The van der Waals surface area contributed by atoms with Crippen molar-refractivity contribution in [2.75, 3.05) is 7.11 Å². The standard InChI is InChI=1S/C5H11.CH3O.Sn.2H/c1-3-5-4-2;1-2;;;/h1,3-5H2,2H3;1H3;;;/q;-1;+1;;. The molecule has 0 radical (unpaired) electrons. The fourth-order valence-corrected chi connectivity index (χ4v) is 3.09. The van der Waals surface area contributed by atoms with E-state index in [0.717, 1.165) is 0 Å². The van der Waals surface area contributed by atoms with Gasteiger partial charge in [0, 0.05) is 0 Å². The van der Waals surface area contributed by atoms with Crippen LogP contribution in [0.3, 0.4) is 0 Å². The van der Waals surface area contributed by atoms with E-state index in [9.17, 15) is 0 Å². The molecule has 1 nitrogen and oxygen atoms in total. The first kappa shape index (κ1) is 8.76. The summed E-state index contributed by atoms with van der Waals surface area (Å²) in [6.07, 6.45) is 4.16. The molecule has 0 aromatic rings. The van der Waals surface area contributed by atoms with Crippen LogP contribution in [0.1, 0.15) is 26.2 Å². The molecule has 0 spiro atoms. The fourth-order valence-electron chi connectivity index (χ4n) is 0.673. The van der Waals surface area contributed by atoms with Gasteiger partial charge in [-0.2, -0.15) is 0 Å². The van der Waals surface area contributed by atoms with Crippen LogP contribution in [0.15, 0.2) is 0 Å². The molecule has 0 saturated carbocycles. The third-order valence-electron chi connectivity index (χ3n) is 1.20. The molecule has 0 unspecified atom stereocenters. The van der Waals surface area contributed by atoms with Gasteiger partial charge < -0.3 is 0 Å². The Hall–Kier alpha value is 0.759. The van der Waals surface area contributed by atoms with Gasteiger partial charge in [-0.25, -0.2) is 0 Å². The Balaban J connectivity index is 2.53. The first-order chi connectivity index (χ1) is 3.91. The Morgan fingerprint density at radius 3 is 2.62 bits per heavy atom. The molecule has 50 valence electrons. The second kappa shape index (κ2) is 7.76. The first-order valence-corrected chi connectivity index (χ1v) is 7.91. The normalized spacial score (nSPS) is 11.2. The van der Waals surface area contributed by atoms with Crippen molar-refractivity contribution in [3.8, 4) is 0 Å². The Morgan fingerprint density at radius 1 is 1.38 bits per heavy atom. The minimum absolute atomic E-state index is 0.626. The number of rotatable bonds is 5. The van der Waals surface area contributed by atoms with E-state index < -0.39 is 21.6 Å². The molecule has 0 aliphatic rings. The third-order valence-corrected chi connectivity index (χ3v) is 4.62. The van der Waals surface area contributed by atoms with Gasteiger partial charge in [-0.1, -0.05) is 0 Å². The SMILES string of the molecule is CCCC[CH2][SnH2][O]C. The van der Waals surface area contributed by atoms with Crippen LogP contribution in [0.5, 0.6) is 0 Å². The molecule has 0 atom stereocenters. The van der Waals surface area contributed by atoms with Gasteiger partial charge in [-0.15, -0.1) is 0 Å². The molecule has 0 bridgehead atoms. The minimum atomic E-state index is -0.626. The molecular weight excluding hydrogens is 207 g/mol. The van der Waals surface area contributed by atoms with Gasteiger partial charge in [-0.3, -0.25) is 0 Å². The molecule has 8 heavy (non-hydrogen) atoms. The van der Waals surface area contributed by atoms with Crippen LogP contribution < -0.4 is 0 Å². The van der Waals surface area contributed by atoms with Crippen molar-refractivity contribution >= 4 is 21.6 Å². The van der Waals surface area contributed by atoms with E-state index in [1.165, 1.54) is 23.7 Å². The Kier molecular flexibility index (Phi) is 8.49. The summed E-state index contributed by atoms with van der Waals surface area (Å²) in [4.78, 5) is 0. The van der Waals surface area contributed by atoms with E-state index in [-0.39, 0.29) is 0 Å². The summed E-state index contributed by atoms with van der Waals surface area (Å²) in [5.74, 6) is 0. The van der Waals surface area contributed by atoms with Crippen molar-refractivity contribution in [1.82, 2.24) is 0 Å². The third kappa shape index (κ3) is 6.76. The van der Waals surface area contributed by atoms with Crippen molar-refractivity contribution in [1.29, 1.82) is 0 Å². The maximum atomic E-state index is 5.10. The van der Waals surface area contributed by atoms with Crippen molar-refractivity contribution in [3.05, 3.63) is 0 Å². The molecule has 0 aliphatic heterocycles. The zero-order valence-electron chi connectivity index (χ0n) is 5.94. The van der Waals surface area contributed by atoms with Crippen LogP contribution in [0.4, 0.5) is 0 Å². The molecule has 0 amide bonds. The zero-order chi connectivity index (χ0) is 6.24. The topological polar surface area (TPSA) is 9.23 Å². The molecule has 0 saturated heterocycles. The van der Waals surface area contributed by atoms with E-state index in [2.05, 4.69) is 6.92 Å². The molecule has 2 heteroatoms. The average Bonchev–Trinajstić information content (AvgIpc) is 1.81. The van der Waals surface area contributed by atoms with Gasteiger partial charge in [0.05, 0.1) is 0 Å². The van der Waals surface area contributed by atoms with Crippen molar-refractivity contribution < 1.29 is 3.07 Å². The van der Waals surface area contributed by atoms with E-state index in [1.54, 1.807) is 0 Å². The predicted molar refractivity (Wildman–Crippen MR) is 39.9 cm³/mol. The van der Waals surface area contributed by atoms with Crippen LogP contribution >= 0.6 is 0 Å². The van der Waals surface area contributed by atoms with E-state index in [0.29, 0.717) is 0 Å². The second-order valence-electron chi connectivity index (χ2n) is 2.05. The van der Waals surface area contributed by atoms with Gasteiger partial charge in [0.15, 0.2) is 0 Å². The summed E-state index contributed by atoms with van der Waals surface area (Å²) >= 11 is -0.626. The number of hydrogen-bond acceptors (Lipinski definition) is 1. The van der Waals surface area contributed by atoms with E-state index in [1.807, 2.05) is 7.11 Å². The van der Waals surface area contributed by atoms with E-state index >= 15 is 0 Å². The Bertz CT molecular complexity index is 33.5. The fraction of sp³-hybridized carbons (Fsp3) is 1.00. The predicted octanol–water partition coefficient (Wildman–Crippen LogP) is 1.33. The summed E-state index contributed by atoms with van der Waals surface area (Å²) in [7, 11) is 1.85. The maximum absolute atomic E-state index is 5.10. The van der Waals surface area contributed by atoms with Gasteiger partial charge >= 0.3 is 62.4 Å². The molecule has 0 heterocycles. The monoisotopic (exact) mass is 224 g/mol. The molecule has 0 aromatic heterocycles. The molecule has 0 N–H and O–H groups in total. The van der Waals surface area contributed by atoms with Crippen molar-refractivity contribution in [3.63, 3.8) is 0 Å². The Morgan fingerprint density at radius 2 is 2.12 bits per heavy atom. The van der Waals surface area contributed by atoms with Gasteiger partial charge in [-0.05, 0) is 0 Å². The zero-order valence-corrected chi connectivity index (χ0v) is 9.98. The molecular formula is C6H16OSn. The summed E-state index contributed by atoms with van der Waals surface area (Å²) < 4.78 is 6.53. The Labute approximate surface area is 62.6 Å². The average molecular weight is 223 g/mol. The number of unbranched alkanes of at least 4 members (excludes halogenated alkanes) is 2. The van der Waals surface area contributed by atoms with Crippen LogP contribution in [0, 0.1) is 0 Å². The van der Waals surface area contributed by atoms with Gasteiger partial charge in [0.2, 0.25) is 0 Å². The molecule has 0 rings (SSSR count). The first-order valence-electron chi connectivity index (χ1n) is 3.40. The molecule has 0 aromatic carbocycles. The second-order valence-corrected chi connectivity index (χ2v) is 6.88. The van der Waals surface area contributed by atoms with Gasteiger partial charge in [0.25, 0.3) is 0 Å². The van der Waals surface area contributed by atoms with Crippen LogP contribution in [-0.4, -0.2) is 28.7 Å². The van der Waals surface area contributed by atoms with Crippen molar-refractivity contribution in [2.45, 2.75) is 30.6 Å². The van der Waals surface area contributed by atoms with Crippen LogP contribution in [0.25, 0.3) is 0 Å². The molecule has 0 fully saturated rings. The quantitative estimate of drug-likeness (QED) is 0.504. The number of hydrogen-bond donors (Lipinski definition) is 0. The van der Waals surface area contributed by atoms with E-state index in [4.69, 9.17) is 3.07 Å². The van der Waals surface area contributed by atoms with Crippen LogP contribution in [-0.2, 0) is 3.07 Å². The summed E-state index contributed by atoms with van der Waals surface area (Å²) in [5.41, 5.74) is 0. The van der Waals surface area contributed by atoms with Gasteiger partial charge in [0.1, 0.15) is 0 Å². The van der Waals surface area contributed by atoms with Crippen molar-refractivity contribution in [2.24, 2.45) is 0 Å². The summed E-state index contributed by atoms with van der Waals surface area (Å²) in [6, 6.07) is 0. The van der Waals surface area contributed by atoms with Crippen LogP contribution in [0.2, 0.25) is 4.44 Å². The summed E-state index contributed by atoms with van der Waals surface area (Å²) in [6.45, 7) is 2.24. The summed E-state index contributed by atoms with van der Waals surface area (Å²) in [5, 5.41) is 0. The molecule has 0 aliphatic carbocycles.